The maximum absolute atomic E-state index is 6.07. The summed E-state index contributed by atoms with van der Waals surface area (Å²) >= 11 is 9.65. The normalized spacial score (nSPS) is 24.7. The van der Waals surface area contributed by atoms with E-state index in [0.717, 1.165) is 54.7 Å². The summed E-state index contributed by atoms with van der Waals surface area (Å²) in [7, 11) is 1.85. The Kier molecular flexibility index (Phi) is 5.49. The summed E-state index contributed by atoms with van der Waals surface area (Å²) in [5.41, 5.74) is 1.57. The monoisotopic (exact) mass is 399 g/mol. The van der Waals surface area contributed by atoms with E-state index < -0.39 is 0 Å². The number of hydrogen-bond donors (Lipinski definition) is 1. The molecule has 2 saturated heterocycles. The van der Waals surface area contributed by atoms with E-state index in [9.17, 15) is 0 Å². The second-order valence-corrected chi connectivity index (χ2v) is 7.72. The molecule has 1 aromatic rings. The highest BCUT2D eigenvalue weighted by Crippen LogP contribution is 2.38. The Balaban J connectivity index is 1.53. The Bertz CT molecular complexity index is 587. The molecule has 0 aromatic heterocycles. The van der Waals surface area contributed by atoms with Crippen LogP contribution in [-0.2, 0) is 11.2 Å². The van der Waals surface area contributed by atoms with Gasteiger partial charge in [0.25, 0.3) is 0 Å². The Morgan fingerprint density at radius 1 is 1.48 bits per heavy atom. The minimum atomic E-state index is 0.355. The van der Waals surface area contributed by atoms with E-state index in [1.807, 2.05) is 25.2 Å². The van der Waals surface area contributed by atoms with Crippen molar-refractivity contribution >= 4 is 33.5 Å². The van der Waals surface area contributed by atoms with Gasteiger partial charge in [0.05, 0.1) is 6.61 Å². The van der Waals surface area contributed by atoms with E-state index in [-0.39, 0.29) is 0 Å². The molecule has 0 aliphatic carbocycles. The molecule has 0 radical (unpaired) electrons. The van der Waals surface area contributed by atoms with Gasteiger partial charge in [-0.2, -0.15) is 0 Å². The van der Waals surface area contributed by atoms with Crippen LogP contribution in [0.2, 0.25) is 5.02 Å². The van der Waals surface area contributed by atoms with Gasteiger partial charge in [-0.3, -0.25) is 4.99 Å². The number of benzene rings is 1. The smallest absolute Gasteiger partial charge is 0.193 e. The number of halogens is 2. The highest BCUT2D eigenvalue weighted by molar-refractivity contribution is 9.10. The SMILES string of the molecule is CN=C(NCCc1cc(Cl)ccc1Br)N1CCC2(CCOC2)C1. The molecule has 4 nitrogen and oxygen atoms in total. The maximum atomic E-state index is 6.07. The van der Waals surface area contributed by atoms with Gasteiger partial charge in [-0.15, -0.1) is 0 Å². The number of guanidine groups is 1. The lowest BCUT2D eigenvalue weighted by Crippen LogP contribution is -2.42. The van der Waals surface area contributed by atoms with Crippen LogP contribution in [0.25, 0.3) is 0 Å². The average molecular weight is 401 g/mol. The van der Waals surface area contributed by atoms with Crippen molar-refractivity contribution in [2.24, 2.45) is 10.4 Å². The number of rotatable bonds is 3. The lowest BCUT2D eigenvalue weighted by molar-refractivity contribution is 0.156. The molecule has 2 aliphatic heterocycles. The molecule has 3 rings (SSSR count). The Morgan fingerprint density at radius 3 is 3.09 bits per heavy atom. The zero-order valence-electron chi connectivity index (χ0n) is 13.4. The zero-order chi connectivity index (χ0) is 16.3. The van der Waals surface area contributed by atoms with Gasteiger partial charge in [0.15, 0.2) is 5.96 Å². The predicted octanol–water partition coefficient (Wildman–Crippen LogP) is 3.33. The van der Waals surface area contributed by atoms with Crippen LogP contribution in [0.1, 0.15) is 18.4 Å². The van der Waals surface area contributed by atoms with E-state index in [1.165, 1.54) is 18.4 Å². The first-order valence-corrected chi connectivity index (χ1v) is 9.26. The molecule has 126 valence electrons. The minimum Gasteiger partial charge on any atom is -0.381 e. The van der Waals surface area contributed by atoms with Crippen LogP contribution in [0.5, 0.6) is 0 Å². The van der Waals surface area contributed by atoms with E-state index in [0.29, 0.717) is 5.41 Å². The fourth-order valence-corrected chi connectivity index (χ4v) is 4.10. The van der Waals surface area contributed by atoms with Crippen LogP contribution >= 0.6 is 27.5 Å². The number of ether oxygens (including phenoxy) is 1. The summed E-state index contributed by atoms with van der Waals surface area (Å²) in [5, 5.41) is 4.26. The third-order valence-corrected chi connectivity index (χ3v) is 5.83. The van der Waals surface area contributed by atoms with Crippen LogP contribution in [0, 0.1) is 5.41 Å². The third-order valence-electron chi connectivity index (χ3n) is 4.82. The van der Waals surface area contributed by atoms with Gasteiger partial charge in [-0.1, -0.05) is 27.5 Å². The highest BCUT2D eigenvalue weighted by Gasteiger charge is 2.42. The molecule has 1 aromatic carbocycles. The van der Waals surface area contributed by atoms with Crippen LogP contribution in [0.3, 0.4) is 0 Å². The predicted molar refractivity (Wildman–Crippen MR) is 98.3 cm³/mol. The van der Waals surface area contributed by atoms with Gasteiger partial charge in [0.1, 0.15) is 0 Å². The standard InChI is InChI=1S/C17H23BrClN3O/c1-20-16(22-8-5-17(11-22)6-9-23-12-17)21-7-4-13-10-14(19)2-3-15(13)18/h2-3,10H,4-9,11-12H2,1H3,(H,20,21). The van der Waals surface area contributed by atoms with Crippen molar-refractivity contribution in [1.29, 1.82) is 0 Å². The Labute approximate surface area is 151 Å². The number of aliphatic imine (C=N–C) groups is 1. The van der Waals surface area contributed by atoms with Crippen LogP contribution in [0.4, 0.5) is 0 Å². The second kappa shape index (κ2) is 7.41. The second-order valence-electron chi connectivity index (χ2n) is 6.43. The first kappa shape index (κ1) is 17.1. The maximum Gasteiger partial charge on any atom is 0.193 e. The summed E-state index contributed by atoms with van der Waals surface area (Å²) in [6.45, 7) is 4.75. The van der Waals surface area contributed by atoms with Crippen molar-refractivity contribution < 1.29 is 4.74 Å². The molecule has 0 saturated carbocycles. The summed E-state index contributed by atoms with van der Waals surface area (Å²) in [4.78, 5) is 6.81. The third kappa shape index (κ3) is 4.01. The Hall–Kier alpha value is -0.780. The summed E-state index contributed by atoms with van der Waals surface area (Å²) < 4.78 is 6.70. The summed E-state index contributed by atoms with van der Waals surface area (Å²) in [6.07, 6.45) is 3.28. The minimum absolute atomic E-state index is 0.355. The molecular formula is C17H23BrClN3O. The van der Waals surface area contributed by atoms with Crippen molar-refractivity contribution in [2.45, 2.75) is 19.3 Å². The van der Waals surface area contributed by atoms with Gasteiger partial charge >= 0.3 is 0 Å². The van der Waals surface area contributed by atoms with E-state index >= 15 is 0 Å². The van der Waals surface area contributed by atoms with Crippen molar-refractivity contribution in [3.05, 3.63) is 33.3 Å². The highest BCUT2D eigenvalue weighted by atomic mass is 79.9. The van der Waals surface area contributed by atoms with Crippen LogP contribution in [0.15, 0.2) is 27.7 Å². The molecule has 0 bridgehead atoms. The van der Waals surface area contributed by atoms with E-state index in [2.05, 4.69) is 31.1 Å². The molecule has 1 N–H and O–H groups in total. The van der Waals surface area contributed by atoms with Gasteiger partial charge < -0.3 is 15.0 Å². The van der Waals surface area contributed by atoms with E-state index in [1.54, 1.807) is 0 Å². The molecule has 23 heavy (non-hydrogen) atoms. The molecule has 0 amide bonds. The van der Waals surface area contributed by atoms with Crippen molar-refractivity contribution in [3.63, 3.8) is 0 Å². The Morgan fingerprint density at radius 2 is 2.35 bits per heavy atom. The van der Waals surface area contributed by atoms with Gasteiger partial charge in [-0.05, 0) is 43.0 Å². The number of nitrogens with one attached hydrogen (secondary N) is 1. The lowest BCUT2D eigenvalue weighted by atomic mass is 9.87. The molecule has 1 unspecified atom stereocenters. The quantitative estimate of drug-likeness (QED) is 0.624. The van der Waals surface area contributed by atoms with Crippen molar-refractivity contribution in [1.82, 2.24) is 10.2 Å². The zero-order valence-corrected chi connectivity index (χ0v) is 15.8. The molecule has 2 fully saturated rings. The number of nitrogens with zero attached hydrogens (tertiary/aromatic N) is 2. The number of hydrogen-bond acceptors (Lipinski definition) is 2. The largest absolute Gasteiger partial charge is 0.381 e. The first-order chi connectivity index (χ1) is 11.1. The summed E-state index contributed by atoms with van der Waals surface area (Å²) in [6, 6.07) is 5.91. The summed E-state index contributed by atoms with van der Waals surface area (Å²) in [5.74, 6) is 0.993. The fourth-order valence-electron chi connectivity index (χ4n) is 3.46. The molecular weight excluding hydrogens is 378 g/mol. The fraction of sp³-hybridized carbons (Fsp3) is 0.588. The van der Waals surface area contributed by atoms with Gasteiger partial charge in [0, 0.05) is 48.2 Å². The van der Waals surface area contributed by atoms with Crippen LogP contribution < -0.4 is 5.32 Å². The van der Waals surface area contributed by atoms with Crippen molar-refractivity contribution in [3.8, 4) is 0 Å². The van der Waals surface area contributed by atoms with Gasteiger partial charge in [-0.25, -0.2) is 0 Å². The average Bonchev–Trinajstić information content (AvgIpc) is 3.18. The van der Waals surface area contributed by atoms with Crippen molar-refractivity contribution in [2.75, 3.05) is 39.9 Å². The van der Waals surface area contributed by atoms with E-state index in [4.69, 9.17) is 16.3 Å². The first-order valence-electron chi connectivity index (χ1n) is 8.09. The topological polar surface area (TPSA) is 36.9 Å². The molecule has 2 heterocycles. The number of likely N-dealkylation sites (tertiary alicyclic amines) is 1. The molecule has 2 aliphatic rings. The molecule has 1 spiro atoms. The lowest BCUT2D eigenvalue weighted by Gasteiger charge is -2.25. The molecule has 1 atom stereocenters. The van der Waals surface area contributed by atoms with Crippen LogP contribution in [-0.4, -0.2) is 50.8 Å². The van der Waals surface area contributed by atoms with Gasteiger partial charge in [0.2, 0.25) is 0 Å². The molecule has 6 heteroatoms.